The SMILES string of the molecule is C1=CC(N2C(c3ccccc3)NC2c2ccccc2)CC=C1n1c2ccccc2c2cc(-c3ccc4sc5ccccc5c4c3)ccc21. The van der Waals surface area contributed by atoms with Crippen LogP contribution in [0.25, 0.3) is 58.8 Å². The third kappa shape index (κ3) is 4.41. The molecule has 0 bridgehead atoms. The lowest BCUT2D eigenvalue weighted by Crippen LogP contribution is -2.60. The maximum Gasteiger partial charge on any atom is 0.0895 e. The van der Waals surface area contributed by atoms with E-state index in [0.717, 1.165) is 6.42 Å². The van der Waals surface area contributed by atoms with Gasteiger partial charge in [-0.05, 0) is 71.1 Å². The predicted octanol–water partition coefficient (Wildman–Crippen LogP) is 11.3. The van der Waals surface area contributed by atoms with Crippen LogP contribution in [0.5, 0.6) is 0 Å². The Hall–Kier alpha value is -5.26. The molecule has 0 spiro atoms. The highest BCUT2D eigenvalue weighted by atomic mass is 32.1. The summed E-state index contributed by atoms with van der Waals surface area (Å²) in [5.41, 5.74) is 8.83. The van der Waals surface area contributed by atoms with Crippen molar-refractivity contribution in [1.29, 1.82) is 0 Å². The highest BCUT2D eigenvalue weighted by Crippen LogP contribution is 2.43. The molecule has 3 nitrogen and oxygen atoms in total. The van der Waals surface area contributed by atoms with Gasteiger partial charge in [0, 0.05) is 42.7 Å². The fraction of sp³-hybridized carbons (Fsp3) is 0.0909. The molecule has 1 fully saturated rings. The smallest absolute Gasteiger partial charge is 0.0895 e. The Bertz CT molecular complexity index is 2490. The van der Waals surface area contributed by atoms with Crippen LogP contribution in [0, 0.1) is 0 Å². The zero-order chi connectivity index (χ0) is 31.6. The Kier molecular flexibility index (Phi) is 6.48. The summed E-state index contributed by atoms with van der Waals surface area (Å²) < 4.78 is 5.14. The van der Waals surface area contributed by atoms with Gasteiger partial charge < -0.3 is 4.57 Å². The van der Waals surface area contributed by atoms with Gasteiger partial charge in [0.2, 0.25) is 0 Å². The first-order chi connectivity index (χ1) is 23.8. The summed E-state index contributed by atoms with van der Waals surface area (Å²) in [4.78, 5) is 2.63. The zero-order valence-corrected chi connectivity index (χ0v) is 27.1. The van der Waals surface area contributed by atoms with Crippen molar-refractivity contribution < 1.29 is 0 Å². The Morgan fingerprint density at radius 2 is 1.15 bits per heavy atom. The standard InChI is InChI=1S/C44H33N3S/c1-3-11-29(12-4-1)43-45-44(30-13-5-2-6-14-30)47(43)34-23-21-33(22-24-34)46-39-17-9-7-15-35(39)37-27-31(19-25-40(37)46)32-20-26-42-38(28-32)36-16-8-10-18-41(36)48-42/h1-23,25-28,34,43-45H,24H2. The van der Waals surface area contributed by atoms with Crippen LogP contribution in [0.4, 0.5) is 0 Å². The molecule has 0 amide bonds. The summed E-state index contributed by atoms with van der Waals surface area (Å²) in [6.45, 7) is 0. The molecule has 0 radical (unpaired) electrons. The first-order valence-corrected chi connectivity index (χ1v) is 17.6. The molecule has 3 heterocycles. The van der Waals surface area contributed by atoms with Gasteiger partial charge in [-0.25, -0.2) is 0 Å². The van der Waals surface area contributed by atoms with Crippen molar-refractivity contribution >= 4 is 59.0 Å². The number of nitrogens with one attached hydrogen (secondary N) is 1. The largest absolute Gasteiger partial charge is 0.310 e. The average Bonchev–Trinajstić information content (AvgIpc) is 3.68. The summed E-state index contributed by atoms with van der Waals surface area (Å²) >= 11 is 1.87. The van der Waals surface area contributed by atoms with Gasteiger partial charge in [0.1, 0.15) is 0 Å². The van der Waals surface area contributed by atoms with Crippen LogP contribution in [0.3, 0.4) is 0 Å². The summed E-state index contributed by atoms with van der Waals surface area (Å²) in [6.07, 6.45) is 8.49. The van der Waals surface area contributed by atoms with E-state index in [-0.39, 0.29) is 18.4 Å². The topological polar surface area (TPSA) is 20.2 Å². The van der Waals surface area contributed by atoms with Crippen molar-refractivity contribution in [1.82, 2.24) is 14.8 Å². The van der Waals surface area contributed by atoms with Crippen molar-refractivity contribution in [3.05, 3.63) is 175 Å². The molecule has 3 atom stereocenters. The molecule has 0 saturated carbocycles. The number of benzene rings is 6. The summed E-state index contributed by atoms with van der Waals surface area (Å²) in [6, 6.07) is 53.4. The number of rotatable bonds is 5. The Morgan fingerprint density at radius 3 is 1.88 bits per heavy atom. The monoisotopic (exact) mass is 635 g/mol. The molecule has 8 aromatic rings. The molecular formula is C44H33N3S. The van der Waals surface area contributed by atoms with Crippen molar-refractivity contribution in [3.8, 4) is 11.1 Å². The molecule has 1 saturated heterocycles. The van der Waals surface area contributed by atoms with E-state index in [1.54, 1.807) is 0 Å². The van der Waals surface area contributed by atoms with Crippen LogP contribution in [0.2, 0.25) is 0 Å². The van der Waals surface area contributed by atoms with Crippen LogP contribution < -0.4 is 5.32 Å². The van der Waals surface area contributed by atoms with Crippen LogP contribution in [0.1, 0.15) is 29.9 Å². The summed E-state index contributed by atoms with van der Waals surface area (Å²) in [7, 11) is 0. The van der Waals surface area contributed by atoms with Gasteiger partial charge in [-0.1, -0.05) is 121 Å². The second kappa shape index (κ2) is 11.2. The molecule has 10 rings (SSSR count). The zero-order valence-electron chi connectivity index (χ0n) is 26.3. The second-order valence-corrected chi connectivity index (χ2v) is 14.0. The van der Waals surface area contributed by atoms with E-state index in [2.05, 4.69) is 179 Å². The summed E-state index contributed by atoms with van der Waals surface area (Å²) in [5, 5.41) is 9.10. The number of hydrogen-bond donors (Lipinski definition) is 1. The van der Waals surface area contributed by atoms with Crippen molar-refractivity contribution in [2.45, 2.75) is 24.8 Å². The fourth-order valence-electron chi connectivity index (χ4n) is 7.90. The molecule has 2 aromatic heterocycles. The normalized spacial score (nSPS) is 19.7. The maximum absolute atomic E-state index is 3.85. The molecule has 1 N–H and O–H groups in total. The van der Waals surface area contributed by atoms with Crippen molar-refractivity contribution in [3.63, 3.8) is 0 Å². The molecule has 4 heteroatoms. The quantitative estimate of drug-likeness (QED) is 0.203. The average molecular weight is 636 g/mol. The van der Waals surface area contributed by atoms with Gasteiger partial charge in [-0.15, -0.1) is 11.3 Å². The number of fused-ring (bicyclic) bond motifs is 6. The molecule has 1 aliphatic carbocycles. The van der Waals surface area contributed by atoms with Gasteiger partial charge >= 0.3 is 0 Å². The van der Waals surface area contributed by atoms with E-state index >= 15 is 0 Å². The third-order valence-corrected chi connectivity index (χ3v) is 11.4. The molecular weight excluding hydrogens is 603 g/mol. The highest BCUT2D eigenvalue weighted by molar-refractivity contribution is 7.25. The lowest BCUT2D eigenvalue weighted by atomic mass is 9.95. The Balaban J connectivity index is 1.02. The van der Waals surface area contributed by atoms with Gasteiger partial charge in [0.15, 0.2) is 0 Å². The second-order valence-electron chi connectivity index (χ2n) is 12.9. The number of nitrogens with zero attached hydrogens (tertiary/aromatic N) is 2. The third-order valence-electron chi connectivity index (χ3n) is 10.2. The minimum atomic E-state index is 0.180. The first kappa shape index (κ1) is 27.8. The molecule has 1 aliphatic heterocycles. The molecule has 6 aromatic carbocycles. The van der Waals surface area contributed by atoms with Gasteiger partial charge in [0.05, 0.1) is 23.4 Å². The van der Waals surface area contributed by atoms with E-state index in [4.69, 9.17) is 0 Å². The number of allylic oxidation sites excluding steroid dienone is 2. The molecule has 2 aliphatic rings. The van der Waals surface area contributed by atoms with Crippen LogP contribution in [-0.2, 0) is 0 Å². The van der Waals surface area contributed by atoms with Gasteiger partial charge in [-0.3, -0.25) is 10.2 Å². The van der Waals surface area contributed by atoms with Crippen molar-refractivity contribution in [2.24, 2.45) is 0 Å². The minimum absolute atomic E-state index is 0.180. The maximum atomic E-state index is 3.85. The van der Waals surface area contributed by atoms with E-state index < -0.39 is 0 Å². The number of hydrogen-bond acceptors (Lipinski definition) is 3. The first-order valence-electron chi connectivity index (χ1n) is 16.8. The van der Waals surface area contributed by atoms with Gasteiger partial charge in [-0.2, -0.15) is 0 Å². The summed E-state index contributed by atoms with van der Waals surface area (Å²) in [5.74, 6) is 0. The predicted molar refractivity (Wildman–Crippen MR) is 203 cm³/mol. The van der Waals surface area contributed by atoms with E-state index in [9.17, 15) is 0 Å². The number of aromatic nitrogens is 1. The van der Waals surface area contributed by atoms with Crippen LogP contribution >= 0.6 is 11.3 Å². The molecule has 230 valence electrons. The fourth-order valence-corrected chi connectivity index (χ4v) is 8.99. The molecule has 48 heavy (non-hydrogen) atoms. The van der Waals surface area contributed by atoms with E-state index in [0.29, 0.717) is 0 Å². The lowest BCUT2D eigenvalue weighted by Gasteiger charge is -2.53. The minimum Gasteiger partial charge on any atom is -0.310 e. The van der Waals surface area contributed by atoms with Crippen molar-refractivity contribution in [2.75, 3.05) is 0 Å². The lowest BCUT2D eigenvalue weighted by molar-refractivity contribution is -0.0540. The van der Waals surface area contributed by atoms with Crippen LogP contribution in [-0.4, -0.2) is 15.5 Å². The van der Waals surface area contributed by atoms with E-state index in [1.807, 2.05) is 11.3 Å². The van der Waals surface area contributed by atoms with Crippen LogP contribution in [0.15, 0.2) is 164 Å². The number of thiophene rings is 1. The molecule has 3 unspecified atom stereocenters. The number of para-hydroxylation sites is 1. The highest BCUT2D eigenvalue weighted by Gasteiger charge is 2.43. The van der Waals surface area contributed by atoms with Gasteiger partial charge in [0.25, 0.3) is 0 Å². The van der Waals surface area contributed by atoms with E-state index in [1.165, 1.54) is 69.9 Å². The Morgan fingerprint density at radius 1 is 0.542 bits per heavy atom. The Labute approximate surface area is 283 Å².